The van der Waals surface area contributed by atoms with Crippen LogP contribution < -0.4 is 10.6 Å². The average Bonchev–Trinajstić information content (AvgIpc) is 2.60. The zero-order chi connectivity index (χ0) is 9.54. The highest BCUT2D eigenvalue weighted by Crippen LogP contribution is 2.29. The SMILES string of the molecule is NC1CN(c2ncnc3ccsc23)C1. The molecule has 4 nitrogen and oxygen atoms in total. The fourth-order valence-corrected chi connectivity index (χ4v) is 2.55. The molecule has 1 saturated heterocycles. The predicted octanol–water partition coefficient (Wildman–Crippen LogP) is 0.839. The van der Waals surface area contributed by atoms with Gasteiger partial charge in [0.15, 0.2) is 0 Å². The molecule has 3 heterocycles. The molecule has 72 valence electrons. The van der Waals surface area contributed by atoms with Gasteiger partial charge in [-0.3, -0.25) is 0 Å². The highest BCUT2D eigenvalue weighted by molar-refractivity contribution is 7.17. The summed E-state index contributed by atoms with van der Waals surface area (Å²) in [5, 5.41) is 2.04. The van der Waals surface area contributed by atoms with Crippen LogP contribution in [0.4, 0.5) is 5.82 Å². The number of thiophene rings is 1. The molecule has 0 unspecified atom stereocenters. The molecule has 5 heteroatoms. The van der Waals surface area contributed by atoms with Crippen molar-refractivity contribution in [3.63, 3.8) is 0 Å². The first-order valence-corrected chi connectivity index (χ1v) is 5.41. The van der Waals surface area contributed by atoms with Crippen LogP contribution >= 0.6 is 11.3 Å². The van der Waals surface area contributed by atoms with Gasteiger partial charge in [0.2, 0.25) is 0 Å². The van der Waals surface area contributed by atoms with Crippen molar-refractivity contribution in [2.45, 2.75) is 6.04 Å². The normalized spacial score (nSPS) is 17.4. The van der Waals surface area contributed by atoms with Gasteiger partial charge in [0.05, 0.1) is 10.2 Å². The maximum absolute atomic E-state index is 5.74. The van der Waals surface area contributed by atoms with Crippen LogP contribution in [0.15, 0.2) is 17.8 Å². The summed E-state index contributed by atoms with van der Waals surface area (Å²) in [4.78, 5) is 10.7. The van der Waals surface area contributed by atoms with Crippen LogP contribution in [0.3, 0.4) is 0 Å². The zero-order valence-corrected chi connectivity index (χ0v) is 8.37. The molecule has 1 fully saturated rings. The van der Waals surface area contributed by atoms with Gasteiger partial charge in [-0.2, -0.15) is 0 Å². The van der Waals surface area contributed by atoms with Gasteiger partial charge in [0.1, 0.15) is 12.1 Å². The summed E-state index contributed by atoms with van der Waals surface area (Å²) in [6.07, 6.45) is 1.62. The van der Waals surface area contributed by atoms with E-state index in [0.29, 0.717) is 6.04 Å². The van der Waals surface area contributed by atoms with Crippen LogP contribution in [0.5, 0.6) is 0 Å². The van der Waals surface area contributed by atoms with Crippen molar-refractivity contribution in [3.8, 4) is 0 Å². The molecule has 0 bridgehead atoms. The molecule has 14 heavy (non-hydrogen) atoms. The lowest BCUT2D eigenvalue weighted by molar-refractivity contribution is 0.516. The van der Waals surface area contributed by atoms with E-state index in [1.165, 1.54) is 4.70 Å². The van der Waals surface area contributed by atoms with Crippen LogP contribution in [0.25, 0.3) is 10.2 Å². The van der Waals surface area contributed by atoms with Crippen LogP contribution in [0.1, 0.15) is 0 Å². The Hall–Kier alpha value is -1.20. The van der Waals surface area contributed by atoms with Crippen molar-refractivity contribution < 1.29 is 0 Å². The van der Waals surface area contributed by atoms with Crippen LogP contribution in [0, 0.1) is 0 Å². The van der Waals surface area contributed by atoms with Crippen molar-refractivity contribution in [3.05, 3.63) is 17.8 Å². The van der Waals surface area contributed by atoms with Crippen LogP contribution in [-0.2, 0) is 0 Å². The molecule has 0 spiro atoms. The van der Waals surface area contributed by atoms with Gasteiger partial charge in [-0.1, -0.05) is 0 Å². The Balaban J connectivity index is 2.07. The third kappa shape index (κ3) is 1.09. The Kier molecular flexibility index (Phi) is 1.68. The van der Waals surface area contributed by atoms with E-state index in [2.05, 4.69) is 14.9 Å². The second kappa shape index (κ2) is 2.90. The molecule has 2 aromatic rings. The summed E-state index contributed by atoms with van der Waals surface area (Å²) in [6.45, 7) is 1.81. The van der Waals surface area contributed by atoms with E-state index < -0.39 is 0 Å². The summed E-state index contributed by atoms with van der Waals surface area (Å²) < 4.78 is 1.17. The van der Waals surface area contributed by atoms with Gasteiger partial charge in [-0.15, -0.1) is 11.3 Å². The molecule has 3 rings (SSSR count). The summed E-state index contributed by atoms with van der Waals surface area (Å²) in [5.74, 6) is 1.03. The molecule has 2 N–H and O–H groups in total. The molecule has 0 radical (unpaired) electrons. The van der Waals surface area contributed by atoms with Gasteiger partial charge < -0.3 is 10.6 Å². The number of nitrogens with zero attached hydrogens (tertiary/aromatic N) is 3. The number of fused-ring (bicyclic) bond motifs is 1. The smallest absolute Gasteiger partial charge is 0.150 e. The molecular formula is C9H10N4S. The molecule has 1 aliphatic rings. The molecule has 0 atom stereocenters. The molecular weight excluding hydrogens is 196 g/mol. The number of hydrogen-bond acceptors (Lipinski definition) is 5. The van der Waals surface area contributed by atoms with E-state index in [0.717, 1.165) is 24.4 Å². The Morgan fingerprint density at radius 3 is 3.07 bits per heavy atom. The molecule has 1 aliphatic heterocycles. The summed E-state index contributed by atoms with van der Waals surface area (Å²) in [7, 11) is 0. The second-order valence-corrected chi connectivity index (χ2v) is 4.41. The van der Waals surface area contributed by atoms with Crippen molar-refractivity contribution in [1.82, 2.24) is 9.97 Å². The average molecular weight is 206 g/mol. The minimum atomic E-state index is 0.306. The van der Waals surface area contributed by atoms with Gasteiger partial charge >= 0.3 is 0 Å². The molecule has 0 saturated carbocycles. The van der Waals surface area contributed by atoms with E-state index in [-0.39, 0.29) is 0 Å². The topological polar surface area (TPSA) is 55.0 Å². The molecule has 0 aromatic carbocycles. The third-order valence-electron chi connectivity index (χ3n) is 2.43. The molecule has 0 amide bonds. The number of anilines is 1. The first-order chi connectivity index (χ1) is 6.84. The first kappa shape index (κ1) is 8.14. The van der Waals surface area contributed by atoms with E-state index >= 15 is 0 Å². The predicted molar refractivity (Wildman–Crippen MR) is 57.6 cm³/mol. The lowest BCUT2D eigenvalue weighted by atomic mass is 10.1. The maximum atomic E-state index is 5.74. The fourth-order valence-electron chi connectivity index (χ4n) is 1.69. The number of hydrogen-bond donors (Lipinski definition) is 1. The van der Waals surface area contributed by atoms with E-state index in [4.69, 9.17) is 5.73 Å². The Morgan fingerprint density at radius 1 is 1.43 bits per heavy atom. The fraction of sp³-hybridized carbons (Fsp3) is 0.333. The quantitative estimate of drug-likeness (QED) is 0.751. The molecule has 2 aromatic heterocycles. The summed E-state index contributed by atoms with van der Waals surface area (Å²) in [6, 6.07) is 2.32. The summed E-state index contributed by atoms with van der Waals surface area (Å²) >= 11 is 1.69. The number of rotatable bonds is 1. The Labute approximate surface area is 85.4 Å². The highest BCUT2D eigenvalue weighted by Gasteiger charge is 2.25. The minimum Gasteiger partial charge on any atom is -0.352 e. The Bertz CT molecular complexity index is 461. The summed E-state index contributed by atoms with van der Waals surface area (Å²) in [5.41, 5.74) is 6.77. The number of nitrogens with two attached hydrogens (primary N) is 1. The van der Waals surface area contributed by atoms with Crippen molar-refractivity contribution in [2.24, 2.45) is 5.73 Å². The van der Waals surface area contributed by atoms with E-state index in [1.807, 2.05) is 11.4 Å². The van der Waals surface area contributed by atoms with Gasteiger partial charge in [0, 0.05) is 19.1 Å². The van der Waals surface area contributed by atoms with E-state index in [1.54, 1.807) is 17.7 Å². The van der Waals surface area contributed by atoms with Crippen LogP contribution in [-0.4, -0.2) is 29.1 Å². The highest BCUT2D eigenvalue weighted by atomic mass is 32.1. The lowest BCUT2D eigenvalue weighted by Gasteiger charge is -2.37. The van der Waals surface area contributed by atoms with Gasteiger partial charge in [-0.25, -0.2) is 9.97 Å². The Morgan fingerprint density at radius 2 is 2.29 bits per heavy atom. The second-order valence-electron chi connectivity index (χ2n) is 3.50. The van der Waals surface area contributed by atoms with Crippen molar-refractivity contribution in [1.29, 1.82) is 0 Å². The standard InChI is InChI=1S/C9H10N4S/c10-6-3-13(4-6)9-8-7(1-2-14-8)11-5-12-9/h1-2,5-6H,3-4,10H2. The largest absolute Gasteiger partial charge is 0.352 e. The maximum Gasteiger partial charge on any atom is 0.150 e. The minimum absolute atomic E-state index is 0.306. The van der Waals surface area contributed by atoms with E-state index in [9.17, 15) is 0 Å². The first-order valence-electron chi connectivity index (χ1n) is 4.53. The number of aromatic nitrogens is 2. The van der Waals surface area contributed by atoms with Gasteiger partial charge in [0.25, 0.3) is 0 Å². The van der Waals surface area contributed by atoms with Gasteiger partial charge in [-0.05, 0) is 11.4 Å². The van der Waals surface area contributed by atoms with Crippen LogP contribution in [0.2, 0.25) is 0 Å². The third-order valence-corrected chi connectivity index (χ3v) is 3.33. The van der Waals surface area contributed by atoms with Crippen molar-refractivity contribution in [2.75, 3.05) is 18.0 Å². The lowest BCUT2D eigenvalue weighted by Crippen LogP contribution is -2.56. The monoisotopic (exact) mass is 206 g/mol. The molecule has 0 aliphatic carbocycles. The zero-order valence-electron chi connectivity index (χ0n) is 7.55. The van der Waals surface area contributed by atoms with Crippen molar-refractivity contribution >= 4 is 27.4 Å².